The second kappa shape index (κ2) is 8.78. The molecule has 1 N–H and O–H groups in total. The number of carbonyl (C=O) groups excluding carboxylic acids is 3. The first-order valence-corrected chi connectivity index (χ1v) is 8.10. The second-order valence-electron chi connectivity index (χ2n) is 5.96. The molecule has 0 aliphatic rings. The van der Waals surface area contributed by atoms with Gasteiger partial charge in [0.15, 0.2) is 12.4 Å². The minimum absolute atomic E-state index is 0.174. The molecule has 1 unspecified atom stereocenters. The van der Waals surface area contributed by atoms with E-state index in [1.54, 1.807) is 74.5 Å². The Hall–Kier alpha value is -2.95. The number of carbonyl (C=O) groups is 3. The third-order valence-corrected chi connectivity index (χ3v) is 3.68. The molecule has 0 aromatic heterocycles. The highest BCUT2D eigenvalue weighted by atomic mass is 16.5. The first-order valence-electron chi connectivity index (χ1n) is 8.10. The number of ether oxygens (including phenoxy) is 1. The molecule has 1 atom stereocenters. The Morgan fingerprint density at radius 1 is 0.880 bits per heavy atom. The summed E-state index contributed by atoms with van der Waals surface area (Å²) >= 11 is 0. The predicted octanol–water partition coefficient (Wildman–Crippen LogP) is 2.87. The molecule has 2 aromatic rings. The number of nitrogens with one attached hydrogen (secondary N) is 1. The van der Waals surface area contributed by atoms with E-state index in [4.69, 9.17) is 4.74 Å². The molecular weight excluding hydrogens is 318 g/mol. The lowest BCUT2D eigenvalue weighted by Crippen LogP contribution is -2.45. The van der Waals surface area contributed by atoms with E-state index >= 15 is 0 Å². The lowest BCUT2D eigenvalue weighted by Gasteiger charge is -2.20. The number of ketones is 1. The molecule has 0 aliphatic heterocycles. The number of benzene rings is 2. The third-order valence-electron chi connectivity index (χ3n) is 3.68. The van der Waals surface area contributed by atoms with Crippen molar-refractivity contribution in [2.75, 3.05) is 6.61 Å². The van der Waals surface area contributed by atoms with Gasteiger partial charge in [0.2, 0.25) is 0 Å². The molecule has 2 aromatic carbocycles. The van der Waals surface area contributed by atoms with Crippen LogP contribution in [0.15, 0.2) is 60.7 Å². The van der Waals surface area contributed by atoms with E-state index in [-0.39, 0.29) is 24.2 Å². The lowest BCUT2D eigenvalue weighted by atomic mass is 10.0. The number of esters is 1. The van der Waals surface area contributed by atoms with Gasteiger partial charge in [0.05, 0.1) is 0 Å². The van der Waals surface area contributed by atoms with E-state index in [1.807, 2.05) is 0 Å². The van der Waals surface area contributed by atoms with Crippen LogP contribution in [0, 0.1) is 5.92 Å². The Morgan fingerprint density at radius 3 is 1.92 bits per heavy atom. The van der Waals surface area contributed by atoms with Crippen molar-refractivity contribution in [1.29, 1.82) is 0 Å². The average Bonchev–Trinajstić information content (AvgIpc) is 2.64. The second-order valence-corrected chi connectivity index (χ2v) is 5.96. The normalized spacial score (nSPS) is 11.6. The molecule has 1 amide bonds. The number of hydrogen-bond acceptors (Lipinski definition) is 4. The van der Waals surface area contributed by atoms with Crippen LogP contribution in [0.25, 0.3) is 0 Å². The Bertz CT molecular complexity index is 726. The van der Waals surface area contributed by atoms with Gasteiger partial charge in [-0.1, -0.05) is 62.4 Å². The molecule has 5 nitrogen and oxygen atoms in total. The Balaban J connectivity index is 1.96. The molecule has 0 spiro atoms. The van der Waals surface area contributed by atoms with Crippen molar-refractivity contribution in [3.63, 3.8) is 0 Å². The van der Waals surface area contributed by atoms with Crippen LogP contribution in [0.2, 0.25) is 0 Å². The van der Waals surface area contributed by atoms with E-state index in [0.717, 1.165) is 0 Å². The Morgan fingerprint density at radius 2 is 1.40 bits per heavy atom. The summed E-state index contributed by atoms with van der Waals surface area (Å²) in [7, 11) is 0. The number of rotatable bonds is 7. The topological polar surface area (TPSA) is 72.5 Å². The highest BCUT2D eigenvalue weighted by Crippen LogP contribution is 2.08. The largest absolute Gasteiger partial charge is 0.456 e. The monoisotopic (exact) mass is 339 g/mol. The summed E-state index contributed by atoms with van der Waals surface area (Å²) in [6.07, 6.45) is 0. The number of amides is 1. The van der Waals surface area contributed by atoms with Crippen molar-refractivity contribution in [1.82, 2.24) is 5.32 Å². The van der Waals surface area contributed by atoms with Crippen LogP contribution < -0.4 is 5.32 Å². The van der Waals surface area contributed by atoms with Crippen molar-refractivity contribution in [3.8, 4) is 0 Å². The summed E-state index contributed by atoms with van der Waals surface area (Å²) in [6.45, 7) is 3.25. The maximum Gasteiger partial charge on any atom is 0.329 e. The summed E-state index contributed by atoms with van der Waals surface area (Å²) in [5.41, 5.74) is 0.936. The quantitative estimate of drug-likeness (QED) is 0.622. The first-order chi connectivity index (χ1) is 12.0. The van der Waals surface area contributed by atoms with Crippen LogP contribution >= 0.6 is 0 Å². The Kier molecular flexibility index (Phi) is 6.46. The SMILES string of the molecule is CC(C)C(NC(=O)c1ccccc1)C(=O)OCC(=O)c1ccccc1. The van der Waals surface area contributed by atoms with Gasteiger partial charge in [0.25, 0.3) is 5.91 Å². The van der Waals surface area contributed by atoms with Gasteiger partial charge < -0.3 is 10.1 Å². The Labute approximate surface area is 147 Å². The van der Waals surface area contributed by atoms with Crippen molar-refractivity contribution in [3.05, 3.63) is 71.8 Å². The molecule has 5 heteroatoms. The van der Waals surface area contributed by atoms with Crippen molar-refractivity contribution >= 4 is 17.7 Å². The fraction of sp³-hybridized carbons (Fsp3) is 0.250. The molecular formula is C20H21NO4. The number of Topliss-reactive ketones (excluding diaryl/α,β-unsaturated/α-hetero) is 1. The molecule has 0 saturated carbocycles. The van der Waals surface area contributed by atoms with Crippen LogP contribution in [-0.4, -0.2) is 30.3 Å². The minimum atomic E-state index is -0.823. The minimum Gasteiger partial charge on any atom is -0.456 e. The van der Waals surface area contributed by atoms with Gasteiger partial charge in [-0.2, -0.15) is 0 Å². The molecule has 130 valence electrons. The highest BCUT2D eigenvalue weighted by molar-refractivity contribution is 5.99. The van der Waals surface area contributed by atoms with Gasteiger partial charge >= 0.3 is 5.97 Å². The summed E-state index contributed by atoms with van der Waals surface area (Å²) in [5.74, 6) is -1.44. The van der Waals surface area contributed by atoms with E-state index in [1.165, 1.54) is 0 Å². The van der Waals surface area contributed by atoms with Gasteiger partial charge in [0.1, 0.15) is 6.04 Å². The molecule has 0 fully saturated rings. The summed E-state index contributed by atoms with van der Waals surface area (Å²) < 4.78 is 5.12. The van der Waals surface area contributed by atoms with Gasteiger partial charge in [-0.3, -0.25) is 9.59 Å². The van der Waals surface area contributed by atoms with Crippen LogP contribution in [0.3, 0.4) is 0 Å². The molecule has 25 heavy (non-hydrogen) atoms. The van der Waals surface area contributed by atoms with Gasteiger partial charge in [-0.15, -0.1) is 0 Å². The third kappa shape index (κ3) is 5.28. The smallest absolute Gasteiger partial charge is 0.329 e. The van der Waals surface area contributed by atoms with Gasteiger partial charge in [-0.25, -0.2) is 4.79 Å². The van der Waals surface area contributed by atoms with Crippen LogP contribution in [0.4, 0.5) is 0 Å². The fourth-order valence-corrected chi connectivity index (χ4v) is 2.25. The van der Waals surface area contributed by atoms with Crippen LogP contribution in [0.1, 0.15) is 34.6 Å². The van der Waals surface area contributed by atoms with Crippen molar-refractivity contribution in [2.45, 2.75) is 19.9 Å². The van der Waals surface area contributed by atoms with Crippen molar-refractivity contribution < 1.29 is 19.1 Å². The van der Waals surface area contributed by atoms with E-state index in [9.17, 15) is 14.4 Å². The molecule has 0 bridgehead atoms. The molecule has 0 heterocycles. The van der Waals surface area contributed by atoms with E-state index < -0.39 is 12.0 Å². The first kappa shape index (κ1) is 18.4. The molecule has 0 radical (unpaired) electrons. The summed E-state index contributed by atoms with van der Waals surface area (Å²) in [6, 6.07) is 16.4. The zero-order chi connectivity index (χ0) is 18.2. The molecule has 0 aliphatic carbocycles. The summed E-state index contributed by atoms with van der Waals surface area (Å²) in [4.78, 5) is 36.6. The van der Waals surface area contributed by atoms with Crippen LogP contribution in [-0.2, 0) is 9.53 Å². The molecule has 2 rings (SSSR count). The zero-order valence-corrected chi connectivity index (χ0v) is 14.3. The highest BCUT2D eigenvalue weighted by Gasteiger charge is 2.26. The van der Waals surface area contributed by atoms with E-state index in [0.29, 0.717) is 11.1 Å². The molecule has 0 saturated heterocycles. The maximum absolute atomic E-state index is 12.3. The summed E-state index contributed by atoms with van der Waals surface area (Å²) in [5, 5.41) is 2.67. The predicted molar refractivity (Wildman–Crippen MR) is 94.3 cm³/mol. The maximum atomic E-state index is 12.3. The average molecular weight is 339 g/mol. The fourth-order valence-electron chi connectivity index (χ4n) is 2.25. The lowest BCUT2D eigenvalue weighted by molar-refractivity contribution is -0.145. The van der Waals surface area contributed by atoms with Gasteiger partial charge in [-0.05, 0) is 18.1 Å². The van der Waals surface area contributed by atoms with E-state index in [2.05, 4.69) is 5.32 Å². The zero-order valence-electron chi connectivity index (χ0n) is 14.3. The standard InChI is InChI=1S/C20H21NO4/c1-14(2)18(21-19(23)16-11-7-4-8-12-16)20(24)25-13-17(22)15-9-5-3-6-10-15/h3-12,14,18H,13H2,1-2H3,(H,21,23). The number of hydrogen-bond donors (Lipinski definition) is 1. The van der Waals surface area contributed by atoms with Crippen LogP contribution in [0.5, 0.6) is 0 Å². The van der Waals surface area contributed by atoms with Crippen molar-refractivity contribution in [2.24, 2.45) is 5.92 Å². The van der Waals surface area contributed by atoms with Gasteiger partial charge in [0, 0.05) is 11.1 Å².